The molecule has 89 heavy (non-hydrogen) atoms. The van der Waals surface area contributed by atoms with Crippen LogP contribution in [0.1, 0.15) is 386 Å². The van der Waals surface area contributed by atoms with E-state index < -0.39 is 24.3 Å². The number of aliphatic carboxylic acids is 1. The maximum Gasteiger partial charge on any atom is 0.306 e. The highest BCUT2D eigenvalue weighted by Gasteiger charge is 2.22. The van der Waals surface area contributed by atoms with Crippen molar-refractivity contribution in [3.63, 3.8) is 0 Å². The minimum absolute atomic E-state index is 0.148. The zero-order valence-corrected chi connectivity index (χ0v) is 59.8. The first-order chi connectivity index (χ1) is 43.6. The van der Waals surface area contributed by atoms with Gasteiger partial charge in [0.25, 0.3) is 0 Å². The second-order valence-corrected chi connectivity index (χ2v) is 27.6. The molecule has 0 saturated carbocycles. The number of carboxylic acid groups (broad SMARTS) is 1. The molecule has 0 radical (unpaired) electrons. The monoisotopic (exact) mass is 1250 g/mol. The average Bonchev–Trinajstić information content (AvgIpc) is 3.64. The first-order valence-corrected chi connectivity index (χ1v) is 38.8. The van der Waals surface area contributed by atoms with E-state index in [1.165, 1.54) is 302 Å². The van der Waals surface area contributed by atoms with Crippen LogP contribution >= 0.6 is 0 Å². The number of carbonyl (C=O) groups is 3. The van der Waals surface area contributed by atoms with E-state index in [0.717, 1.165) is 51.4 Å². The molecule has 0 bridgehead atoms. The molecule has 0 aromatic heterocycles. The molecule has 0 fully saturated rings. The van der Waals surface area contributed by atoms with Crippen LogP contribution in [-0.2, 0) is 33.3 Å². The molecule has 0 amide bonds. The van der Waals surface area contributed by atoms with Crippen LogP contribution in [0.2, 0.25) is 0 Å². The fourth-order valence-electron chi connectivity index (χ4n) is 11.6. The quantitative estimate of drug-likeness (QED) is 0.0195. The summed E-state index contributed by atoms with van der Waals surface area (Å²) in [6.45, 7) is 4.79. The number of ether oxygens (including phenoxy) is 4. The Kier molecular flexibility index (Phi) is 68.9. The molecule has 2 atom stereocenters. The lowest BCUT2D eigenvalue weighted by Crippen LogP contribution is -2.44. The summed E-state index contributed by atoms with van der Waals surface area (Å²) in [4.78, 5) is 37.5. The molecule has 9 nitrogen and oxygen atoms in total. The first-order valence-electron chi connectivity index (χ1n) is 38.8. The van der Waals surface area contributed by atoms with Gasteiger partial charge in [0, 0.05) is 12.8 Å². The molecule has 0 spiro atoms. The highest BCUT2D eigenvalue weighted by molar-refractivity contribution is 5.70. The summed E-state index contributed by atoms with van der Waals surface area (Å²) in [7, 11) is 5.94. The molecule has 0 saturated heterocycles. The predicted octanol–water partition coefficient (Wildman–Crippen LogP) is 23.1. The first kappa shape index (κ1) is 86.2. The topological polar surface area (TPSA) is 111 Å². The SMILES string of the molecule is CCCCCCC/C=C\C/C=C\C/C=C\CCCCCCCCCCCCC(=O)OC(COC(=O)CCCCCCCCCCCCCCCCCCCCCCCCCCCCC/C=C\CCCCCCCCCC)COC(OCC[N+](C)(C)C)C(=O)[O-]. The van der Waals surface area contributed by atoms with Crippen molar-refractivity contribution < 1.29 is 42.9 Å². The van der Waals surface area contributed by atoms with Gasteiger partial charge in [-0.3, -0.25) is 9.59 Å². The Labute approximate surface area is 553 Å². The van der Waals surface area contributed by atoms with Crippen molar-refractivity contribution in [2.24, 2.45) is 0 Å². The maximum atomic E-state index is 12.9. The highest BCUT2D eigenvalue weighted by atomic mass is 16.7. The van der Waals surface area contributed by atoms with Gasteiger partial charge in [-0.2, -0.15) is 0 Å². The van der Waals surface area contributed by atoms with E-state index in [4.69, 9.17) is 18.9 Å². The van der Waals surface area contributed by atoms with Crippen LogP contribution in [0.15, 0.2) is 48.6 Å². The van der Waals surface area contributed by atoms with E-state index in [9.17, 15) is 19.5 Å². The average molecular weight is 1250 g/mol. The Morgan fingerprint density at radius 3 is 0.910 bits per heavy atom. The molecular weight excluding hydrogens is 1100 g/mol. The molecule has 2 unspecified atom stereocenters. The van der Waals surface area contributed by atoms with Crippen LogP contribution in [0.25, 0.3) is 0 Å². The molecule has 0 aromatic carbocycles. The minimum atomic E-state index is -1.62. The molecule has 0 N–H and O–H groups in total. The van der Waals surface area contributed by atoms with E-state index in [1.807, 2.05) is 21.1 Å². The third kappa shape index (κ3) is 72.5. The number of nitrogens with zero attached hydrogens (tertiary/aromatic N) is 1. The number of unbranched alkanes of at least 4 members (excludes halogenated alkanes) is 50. The second kappa shape index (κ2) is 71.1. The number of hydrogen-bond donors (Lipinski definition) is 0. The summed E-state index contributed by atoms with van der Waals surface area (Å²) >= 11 is 0. The molecular formula is C80H149NO8. The Hall–Kier alpha value is -2.75. The molecule has 0 aliphatic heterocycles. The number of rotatable bonds is 73. The van der Waals surface area contributed by atoms with Gasteiger partial charge in [-0.15, -0.1) is 0 Å². The Morgan fingerprint density at radius 2 is 0.607 bits per heavy atom. The second-order valence-electron chi connectivity index (χ2n) is 27.6. The van der Waals surface area contributed by atoms with Crippen molar-refractivity contribution in [3.05, 3.63) is 48.6 Å². The predicted molar refractivity (Wildman–Crippen MR) is 380 cm³/mol. The van der Waals surface area contributed by atoms with Gasteiger partial charge >= 0.3 is 11.9 Å². The lowest BCUT2D eigenvalue weighted by molar-refractivity contribution is -0.870. The smallest absolute Gasteiger partial charge is 0.306 e. The molecule has 522 valence electrons. The number of quaternary nitrogens is 1. The van der Waals surface area contributed by atoms with Crippen molar-refractivity contribution in [2.75, 3.05) is 47.5 Å². The fourth-order valence-corrected chi connectivity index (χ4v) is 11.6. The summed E-state index contributed by atoms with van der Waals surface area (Å²) in [5.74, 6) is -2.26. The van der Waals surface area contributed by atoms with Crippen molar-refractivity contribution >= 4 is 17.9 Å². The number of carbonyl (C=O) groups excluding carboxylic acids is 3. The van der Waals surface area contributed by atoms with Gasteiger partial charge in [-0.25, -0.2) is 0 Å². The summed E-state index contributed by atoms with van der Waals surface area (Å²) < 4.78 is 22.8. The Balaban J connectivity index is 3.96. The molecule has 0 rings (SSSR count). The number of esters is 2. The van der Waals surface area contributed by atoms with Crippen LogP contribution in [0.3, 0.4) is 0 Å². The summed E-state index contributed by atoms with van der Waals surface area (Å²) in [5, 5.41) is 11.8. The summed E-state index contributed by atoms with van der Waals surface area (Å²) in [6, 6.07) is 0. The van der Waals surface area contributed by atoms with Gasteiger partial charge < -0.3 is 33.3 Å². The number of hydrogen-bond acceptors (Lipinski definition) is 8. The standard InChI is InChI=1S/C80H149NO8/c1-6-8-10-12-14-16-18-20-22-24-26-28-30-32-33-34-35-36-37-38-39-40-41-42-43-44-45-47-48-50-52-54-56-58-60-62-64-66-68-70-77(82)87-74-76(75-88-80(79(84)85)86-73-72-81(3,4)5)89-78(83)71-69-67-65-63-61-59-57-55-53-51-49-46-31-29-27-25-23-21-19-17-15-13-11-9-7-2/h19,21,24-27,31,46,76,80H,6-18,20,22-23,28-30,32-45,47-75H2,1-5H3/b21-19-,26-24-,27-25-,46-31-. The molecule has 0 aliphatic carbocycles. The Morgan fingerprint density at radius 1 is 0.337 bits per heavy atom. The van der Waals surface area contributed by atoms with Crippen LogP contribution < -0.4 is 5.11 Å². The van der Waals surface area contributed by atoms with E-state index >= 15 is 0 Å². The summed E-state index contributed by atoms with van der Waals surface area (Å²) in [5.41, 5.74) is 0. The number of carboxylic acids is 1. The van der Waals surface area contributed by atoms with Crippen LogP contribution in [-0.4, -0.2) is 82.3 Å². The zero-order valence-electron chi connectivity index (χ0n) is 59.8. The fraction of sp³-hybridized carbons (Fsp3) is 0.863. The van der Waals surface area contributed by atoms with Gasteiger partial charge in [-0.1, -0.05) is 345 Å². The van der Waals surface area contributed by atoms with E-state index in [0.29, 0.717) is 23.9 Å². The molecule has 9 heteroatoms. The van der Waals surface area contributed by atoms with E-state index in [-0.39, 0.29) is 32.2 Å². The van der Waals surface area contributed by atoms with Crippen LogP contribution in [0.4, 0.5) is 0 Å². The Bertz CT molecular complexity index is 1600. The highest BCUT2D eigenvalue weighted by Crippen LogP contribution is 2.19. The summed E-state index contributed by atoms with van der Waals surface area (Å²) in [6.07, 6.45) is 89.5. The third-order valence-electron chi connectivity index (χ3n) is 17.5. The number of allylic oxidation sites excluding steroid dienone is 8. The van der Waals surface area contributed by atoms with Gasteiger partial charge in [-0.05, 0) is 77.0 Å². The minimum Gasteiger partial charge on any atom is -0.545 e. The van der Waals surface area contributed by atoms with Gasteiger partial charge in [0.1, 0.15) is 13.2 Å². The van der Waals surface area contributed by atoms with Crippen molar-refractivity contribution in [2.45, 2.75) is 399 Å². The van der Waals surface area contributed by atoms with Crippen molar-refractivity contribution in [3.8, 4) is 0 Å². The van der Waals surface area contributed by atoms with E-state index in [1.54, 1.807) is 0 Å². The molecule has 0 aliphatic rings. The number of likely N-dealkylation sites (N-methyl/N-ethyl adjacent to an activating group) is 1. The molecule has 0 heterocycles. The lowest BCUT2D eigenvalue weighted by Gasteiger charge is -2.26. The normalized spacial score (nSPS) is 12.9. The largest absolute Gasteiger partial charge is 0.545 e. The lowest BCUT2D eigenvalue weighted by atomic mass is 10.0. The van der Waals surface area contributed by atoms with Crippen LogP contribution in [0.5, 0.6) is 0 Å². The van der Waals surface area contributed by atoms with Crippen molar-refractivity contribution in [1.82, 2.24) is 0 Å². The maximum absolute atomic E-state index is 12.9. The zero-order chi connectivity index (χ0) is 64.7. The molecule has 0 aromatic rings. The van der Waals surface area contributed by atoms with Gasteiger partial charge in [0.05, 0.1) is 40.3 Å². The van der Waals surface area contributed by atoms with Crippen molar-refractivity contribution in [1.29, 1.82) is 0 Å². The van der Waals surface area contributed by atoms with E-state index in [2.05, 4.69) is 62.5 Å². The van der Waals surface area contributed by atoms with Crippen LogP contribution in [0, 0.1) is 0 Å². The van der Waals surface area contributed by atoms with Gasteiger partial charge in [0.2, 0.25) is 0 Å². The van der Waals surface area contributed by atoms with Gasteiger partial charge in [0.15, 0.2) is 12.4 Å². The third-order valence-corrected chi connectivity index (χ3v) is 17.5.